The summed E-state index contributed by atoms with van der Waals surface area (Å²) >= 11 is 1.71. The second kappa shape index (κ2) is 6.11. The van der Waals surface area contributed by atoms with Crippen LogP contribution in [-0.4, -0.2) is 37.1 Å². The highest BCUT2D eigenvalue weighted by Crippen LogP contribution is 2.14. The Balaban J connectivity index is 2.13. The van der Waals surface area contributed by atoms with Gasteiger partial charge < -0.3 is 10.2 Å². The number of aromatic nitrogens is 1. The van der Waals surface area contributed by atoms with Gasteiger partial charge in [0, 0.05) is 11.6 Å². The minimum atomic E-state index is 0.386. The summed E-state index contributed by atoms with van der Waals surface area (Å²) in [5.74, 6) is 0. The lowest BCUT2D eigenvalue weighted by molar-refractivity contribution is 0.389. The van der Waals surface area contributed by atoms with Crippen molar-refractivity contribution in [3.8, 4) is 0 Å². The fraction of sp³-hybridized carbons (Fsp3) is 0.700. The fourth-order valence-electron chi connectivity index (χ4n) is 1.25. The Morgan fingerprint density at radius 3 is 2.93 bits per heavy atom. The van der Waals surface area contributed by atoms with Crippen LogP contribution in [0.3, 0.4) is 0 Å². The van der Waals surface area contributed by atoms with E-state index in [-0.39, 0.29) is 0 Å². The summed E-state index contributed by atoms with van der Waals surface area (Å²) in [5.41, 5.74) is 0. The maximum Gasteiger partial charge on any atom is 0.109 e. The van der Waals surface area contributed by atoms with E-state index in [0.29, 0.717) is 6.04 Å². The first-order valence-electron chi connectivity index (χ1n) is 4.97. The van der Waals surface area contributed by atoms with Crippen molar-refractivity contribution < 1.29 is 0 Å². The Kier molecular flexibility index (Phi) is 5.07. The molecule has 3 nitrogen and oxygen atoms in total. The van der Waals surface area contributed by atoms with Crippen LogP contribution >= 0.6 is 11.3 Å². The molecule has 1 rings (SSSR count). The molecule has 80 valence electrons. The van der Waals surface area contributed by atoms with E-state index in [9.17, 15) is 0 Å². The van der Waals surface area contributed by atoms with Gasteiger partial charge in [0.2, 0.25) is 0 Å². The van der Waals surface area contributed by atoms with Gasteiger partial charge in [-0.1, -0.05) is 0 Å². The number of nitrogens with one attached hydrogen (secondary N) is 1. The van der Waals surface area contributed by atoms with E-state index in [1.54, 1.807) is 11.3 Å². The predicted octanol–water partition coefficient (Wildman–Crippen LogP) is 1.75. The van der Waals surface area contributed by atoms with Crippen LogP contribution < -0.4 is 5.32 Å². The van der Waals surface area contributed by atoms with Gasteiger partial charge in [0.25, 0.3) is 0 Å². The van der Waals surface area contributed by atoms with Gasteiger partial charge in [-0.2, -0.15) is 0 Å². The highest BCUT2D eigenvalue weighted by molar-refractivity contribution is 7.09. The normalized spacial score (nSPS) is 13.4. The monoisotopic (exact) mass is 213 g/mol. The molecule has 1 atom stereocenters. The highest BCUT2D eigenvalue weighted by atomic mass is 32.1. The number of nitrogens with zero attached hydrogens (tertiary/aromatic N) is 2. The van der Waals surface area contributed by atoms with Crippen LogP contribution in [0.5, 0.6) is 0 Å². The van der Waals surface area contributed by atoms with Gasteiger partial charge in [0.1, 0.15) is 5.01 Å². The third kappa shape index (κ3) is 4.17. The SMILES string of the molecule is C[C@H](NCCCN(C)C)c1nccs1. The average molecular weight is 213 g/mol. The Bertz CT molecular complexity index is 234. The number of hydrogen-bond acceptors (Lipinski definition) is 4. The van der Waals surface area contributed by atoms with Crippen molar-refractivity contribution in [2.75, 3.05) is 27.2 Å². The lowest BCUT2D eigenvalue weighted by Crippen LogP contribution is -2.23. The first-order chi connectivity index (χ1) is 6.70. The molecule has 0 aromatic carbocycles. The first kappa shape index (κ1) is 11.6. The second-order valence-electron chi connectivity index (χ2n) is 3.70. The van der Waals surface area contributed by atoms with Crippen LogP contribution in [0, 0.1) is 0 Å². The predicted molar refractivity (Wildman–Crippen MR) is 61.7 cm³/mol. The molecule has 0 radical (unpaired) electrons. The smallest absolute Gasteiger partial charge is 0.109 e. The highest BCUT2D eigenvalue weighted by Gasteiger charge is 2.05. The zero-order valence-corrected chi connectivity index (χ0v) is 9.97. The molecule has 0 spiro atoms. The molecule has 1 aromatic heterocycles. The second-order valence-corrected chi connectivity index (χ2v) is 4.63. The fourth-order valence-corrected chi connectivity index (χ4v) is 1.92. The summed E-state index contributed by atoms with van der Waals surface area (Å²) < 4.78 is 0. The molecule has 0 aliphatic carbocycles. The molecule has 4 heteroatoms. The van der Waals surface area contributed by atoms with Crippen molar-refractivity contribution in [2.24, 2.45) is 0 Å². The third-order valence-corrected chi connectivity index (χ3v) is 3.01. The Hall–Kier alpha value is -0.450. The standard InChI is InChI=1S/C10H19N3S/c1-9(10-12-6-8-14-10)11-5-4-7-13(2)3/h6,8-9,11H,4-5,7H2,1-3H3/t9-/m0/s1. The molecule has 0 aliphatic rings. The van der Waals surface area contributed by atoms with Gasteiger partial charge in [-0.3, -0.25) is 0 Å². The van der Waals surface area contributed by atoms with Crippen LogP contribution in [0.15, 0.2) is 11.6 Å². The molecule has 1 heterocycles. The van der Waals surface area contributed by atoms with Gasteiger partial charge in [-0.05, 0) is 40.5 Å². The van der Waals surface area contributed by atoms with Crippen molar-refractivity contribution in [3.63, 3.8) is 0 Å². The van der Waals surface area contributed by atoms with Crippen molar-refractivity contribution >= 4 is 11.3 Å². The van der Waals surface area contributed by atoms with E-state index in [1.807, 2.05) is 11.6 Å². The maximum absolute atomic E-state index is 4.28. The van der Waals surface area contributed by atoms with Crippen molar-refractivity contribution in [1.29, 1.82) is 0 Å². The zero-order valence-electron chi connectivity index (χ0n) is 9.16. The van der Waals surface area contributed by atoms with Crippen LogP contribution in [0.1, 0.15) is 24.4 Å². The lowest BCUT2D eigenvalue weighted by Gasteiger charge is -2.13. The van der Waals surface area contributed by atoms with E-state index in [1.165, 1.54) is 11.4 Å². The molecule has 0 aliphatic heterocycles. The molecule has 1 aromatic rings. The van der Waals surface area contributed by atoms with Gasteiger partial charge in [-0.25, -0.2) is 4.98 Å². The molecule has 1 N–H and O–H groups in total. The number of rotatable bonds is 6. The molecular formula is C10H19N3S. The largest absolute Gasteiger partial charge is 0.309 e. The number of hydrogen-bond donors (Lipinski definition) is 1. The molecule has 0 saturated carbocycles. The van der Waals surface area contributed by atoms with Gasteiger partial charge in [-0.15, -0.1) is 11.3 Å². The minimum absolute atomic E-state index is 0.386. The van der Waals surface area contributed by atoms with E-state index in [4.69, 9.17) is 0 Å². The van der Waals surface area contributed by atoms with Gasteiger partial charge in [0.05, 0.1) is 6.04 Å². The van der Waals surface area contributed by atoms with E-state index in [0.717, 1.165) is 13.1 Å². The molecule has 0 unspecified atom stereocenters. The van der Waals surface area contributed by atoms with Crippen LogP contribution in [0.2, 0.25) is 0 Å². The molecular weight excluding hydrogens is 194 g/mol. The first-order valence-corrected chi connectivity index (χ1v) is 5.85. The summed E-state index contributed by atoms with van der Waals surface area (Å²) in [6.07, 6.45) is 3.04. The van der Waals surface area contributed by atoms with Gasteiger partial charge in [0.15, 0.2) is 0 Å². The number of thiazole rings is 1. The molecule has 0 fully saturated rings. The van der Waals surface area contributed by atoms with Crippen LogP contribution in [-0.2, 0) is 0 Å². The van der Waals surface area contributed by atoms with E-state index >= 15 is 0 Å². The average Bonchev–Trinajstić information content (AvgIpc) is 2.64. The molecule has 0 bridgehead atoms. The molecule has 0 amide bonds. The van der Waals surface area contributed by atoms with Crippen molar-refractivity contribution in [3.05, 3.63) is 16.6 Å². The van der Waals surface area contributed by atoms with Gasteiger partial charge >= 0.3 is 0 Å². The summed E-state index contributed by atoms with van der Waals surface area (Å²) in [7, 11) is 4.20. The molecule has 0 saturated heterocycles. The lowest BCUT2D eigenvalue weighted by atomic mass is 10.3. The zero-order chi connectivity index (χ0) is 10.4. The summed E-state index contributed by atoms with van der Waals surface area (Å²) in [6, 6.07) is 0.386. The maximum atomic E-state index is 4.28. The van der Waals surface area contributed by atoms with Crippen molar-refractivity contribution in [1.82, 2.24) is 15.2 Å². The molecule has 14 heavy (non-hydrogen) atoms. The van der Waals surface area contributed by atoms with E-state index in [2.05, 4.69) is 36.2 Å². The van der Waals surface area contributed by atoms with Crippen LogP contribution in [0.4, 0.5) is 0 Å². The summed E-state index contributed by atoms with van der Waals surface area (Å²) in [5, 5.41) is 6.66. The Morgan fingerprint density at radius 2 is 2.36 bits per heavy atom. The van der Waals surface area contributed by atoms with E-state index < -0.39 is 0 Å². The van der Waals surface area contributed by atoms with Crippen molar-refractivity contribution in [2.45, 2.75) is 19.4 Å². The topological polar surface area (TPSA) is 28.2 Å². The Labute approximate surface area is 90.2 Å². The van der Waals surface area contributed by atoms with Crippen LogP contribution in [0.25, 0.3) is 0 Å². The minimum Gasteiger partial charge on any atom is -0.309 e. The summed E-state index contributed by atoms with van der Waals surface area (Å²) in [4.78, 5) is 6.48. The summed E-state index contributed by atoms with van der Waals surface area (Å²) in [6.45, 7) is 4.35. The Morgan fingerprint density at radius 1 is 1.57 bits per heavy atom. The quantitative estimate of drug-likeness (QED) is 0.730. The third-order valence-electron chi connectivity index (χ3n) is 2.05.